The molecule has 1 nitrogen and oxygen atoms in total. The highest BCUT2D eigenvalue weighted by molar-refractivity contribution is 6.77. The van der Waals surface area contributed by atoms with Gasteiger partial charge in [-0.15, -0.1) is 65.6 Å². The van der Waals surface area contributed by atoms with Gasteiger partial charge in [0, 0.05) is 10.8 Å². The Hall–Kier alpha value is -4.49. The van der Waals surface area contributed by atoms with Crippen molar-refractivity contribution in [2.75, 3.05) is 0 Å². The van der Waals surface area contributed by atoms with Crippen molar-refractivity contribution in [3.63, 3.8) is 0 Å². The van der Waals surface area contributed by atoms with E-state index in [2.05, 4.69) is 0 Å². The molecule has 0 unspecified atom stereocenters. The van der Waals surface area contributed by atoms with E-state index in [1.807, 2.05) is 0 Å². The Balaban J connectivity index is 1.56. The summed E-state index contributed by atoms with van der Waals surface area (Å²) in [6.07, 6.45) is 0. The van der Waals surface area contributed by atoms with Gasteiger partial charge in [0.1, 0.15) is 247 Å². The van der Waals surface area contributed by atoms with Gasteiger partial charge in [0.15, 0.2) is 0 Å². The molecule has 0 saturated carbocycles. The summed E-state index contributed by atoms with van der Waals surface area (Å²) in [5, 5.41) is 0.00340. The van der Waals surface area contributed by atoms with Crippen LogP contribution < -0.4 is 164 Å². The highest BCUT2D eigenvalue weighted by atomic mass is 16.3. The largest absolute Gasteiger partial charge is 0.457 e. The van der Waals surface area contributed by atoms with Crippen molar-refractivity contribution in [1.29, 1.82) is 0 Å². The van der Waals surface area contributed by atoms with Crippen LogP contribution in [0, 0.1) is 0 Å². The first kappa shape index (κ1) is 57.7. The van der Waals surface area contributed by atoms with Crippen LogP contribution in [0.2, 0.25) is 0 Å². The molecular weight excluding hydrogens is 917 g/mol. The molecule has 0 spiro atoms. The molecule has 0 fully saturated rings. The first-order chi connectivity index (χ1) is 36.8. The van der Waals surface area contributed by atoms with Crippen LogP contribution in [-0.2, 0) is 0 Å². The van der Waals surface area contributed by atoms with Crippen LogP contribution in [0.5, 0.6) is 0 Å². The third kappa shape index (κ3) is 7.52. The van der Waals surface area contributed by atoms with Gasteiger partial charge in [-0.1, -0.05) is 98.3 Å². The molecule has 0 aliphatic heterocycles. The maximum Gasteiger partial charge on any atom is 0.128 e. The normalized spacial score (nSPS) is 11.8. The Morgan fingerprint density at radius 3 is 0.633 bits per heavy atom. The van der Waals surface area contributed by atoms with E-state index in [1.165, 1.54) is 0 Å². The lowest BCUT2D eigenvalue weighted by Crippen LogP contribution is -2.57. The monoisotopic (exact) mass is 922 g/mol. The molecule has 60 radical (unpaired) electrons. The predicted octanol–water partition coefficient (Wildman–Crippen LogP) is -22.5. The van der Waals surface area contributed by atoms with Gasteiger partial charge in [-0.3, -0.25) is 0 Å². The highest BCUT2D eigenvalue weighted by Crippen LogP contribution is 2.41. The summed E-state index contributed by atoms with van der Waals surface area (Å²) in [7, 11) is 205. The van der Waals surface area contributed by atoms with Gasteiger partial charge in [0.2, 0.25) is 0 Å². The Morgan fingerprint density at radius 2 is 0.304 bits per heavy atom. The zero-order valence-electron chi connectivity index (χ0n) is 41.7. The van der Waals surface area contributed by atoms with Crippen molar-refractivity contribution in [2.24, 2.45) is 0 Å². The minimum Gasteiger partial charge on any atom is -0.457 e. The second-order valence-electron chi connectivity index (χ2n) is 19.2. The molecule has 9 aromatic carbocycles. The smallest absolute Gasteiger partial charge is 0.128 e. The lowest BCUT2D eigenvalue weighted by Gasteiger charge is -2.34. The molecule has 0 aliphatic carbocycles. The molecule has 31 heteroatoms. The molecule has 10 aromatic rings. The van der Waals surface area contributed by atoms with Crippen LogP contribution in [-0.4, -0.2) is 235 Å². The predicted molar refractivity (Wildman–Crippen MR) is 370 cm³/mol. The topological polar surface area (TPSA) is 13.1 Å². The third-order valence-corrected chi connectivity index (χ3v) is 15.3. The third-order valence-electron chi connectivity index (χ3n) is 15.3. The fourth-order valence-corrected chi connectivity index (χ4v) is 11.0. The molecule has 288 valence electrons. The molecule has 1 heterocycles. The van der Waals surface area contributed by atoms with Gasteiger partial charge in [-0.2, -0.15) is 0 Å². The summed E-state index contributed by atoms with van der Waals surface area (Å²) < 4.78 is 6.40. The van der Waals surface area contributed by atoms with Gasteiger partial charge in [0.25, 0.3) is 0 Å². The van der Waals surface area contributed by atoms with Crippen molar-refractivity contribution >= 4 is 454 Å². The standard InChI is InChI=1S/C48B30O/c49-17-9(18(50)13(15-29(61)41(73)44(76)42(74)30(15)62)19(51)12(17)14-27(59)39(71)43(75)40(72)28(14)60)1-3-5(23(55)35(67)33(65)21(3)53)2(6-4(1)22(54)34(66)36(68)24(6)56)10-20(52)16-8-7-11(26(58)38(70)37(69)25(7)57)32(64)45(77)47(8)79-48(16)46(78)31(10)63. The van der Waals surface area contributed by atoms with Crippen LogP contribution in [0.15, 0.2) is 4.42 Å². The summed E-state index contributed by atoms with van der Waals surface area (Å²) in [6.45, 7) is 0. The Morgan fingerprint density at radius 1 is 0.114 bits per heavy atom. The summed E-state index contributed by atoms with van der Waals surface area (Å²) in [5.41, 5.74) is -7.70. The second kappa shape index (κ2) is 19.6. The first-order valence-electron chi connectivity index (χ1n) is 23.1. The summed E-state index contributed by atoms with van der Waals surface area (Å²) in [4.78, 5) is 0. The SMILES string of the molecule is [B]c1c([B])c([B])c(-c2c([B])c(-c3c([B])c([B])c([B])c([B])c3[B])c([B])c(-c3c4c([B])c([B])c([B])c([B])c4c(-c4c([B])c([B])c5oc6c([B])c([B])c7c([B])c([B])c([B])c([B])c7c6c5c4[B])c4c([B])c([B])c([B])c([B])c34)c2[B])c([B])c1[B]. The number of fused-ring (bicyclic) bond motifs is 7. The first-order valence-corrected chi connectivity index (χ1v) is 23.1. The molecular formula is C48B30O. The van der Waals surface area contributed by atoms with E-state index in [4.69, 9.17) is 240 Å². The lowest BCUT2D eigenvalue weighted by atomic mass is 9.54. The number of furan rings is 1. The molecule has 0 N–H and O–H groups in total. The molecule has 10 rings (SSSR count). The Kier molecular flexibility index (Phi) is 14.3. The van der Waals surface area contributed by atoms with E-state index >= 15 is 0 Å². The van der Waals surface area contributed by atoms with Crippen molar-refractivity contribution in [3.8, 4) is 44.5 Å². The van der Waals surface area contributed by atoms with Gasteiger partial charge in [0.05, 0.1) is 0 Å². The lowest BCUT2D eigenvalue weighted by molar-refractivity contribution is 0.675. The number of benzene rings is 9. The van der Waals surface area contributed by atoms with E-state index in [0.29, 0.717) is 0 Å². The molecule has 0 bridgehead atoms. The van der Waals surface area contributed by atoms with Crippen LogP contribution in [0.25, 0.3) is 98.8 Å². The van der Waals surface area contributed by atoms with Crippen molar-refractivity contribution in [3.05, 3.63) is 0 Å². The maximum atomic E-state index is 7.46. The number of hydrogen-bond acceptors (Lipinski definition) is 1. The van der Waals surface area contributed by atoms with Crippen molar-refractivity contribution in [2.45, 2.75) is 0 Å². The van der Waals surface area contributed by atoms with Crippen molar-refractivity contribution in [1.82, 2.24) is 0 Å². The average Bonchev–Trinajstić information content (AvgIpc) is 3.87. The van der Waals surface area contributed by atoms with Gasteiger partial charge >= 0.3 is 0 Å². The number of hydrogen-bond donors (Lipinski definition) is 0. The fraction of sp³-hybridized carbons (Fsp3) is 0. The van der Waals surface area contributed by atoms with Gasteiger partial charge < -0.3 is 4.42 Å². The van der Waals surface area contributed by atoms with E-state index in [1.54, 1.807) is 0 Å². The minimum absolute atomic E-state index is 0.0467. The highest BCUT2D eigenvalue weighted by Gasteiger charge is 2.32. The van der Waals surface area contributed by atoms with Crippen LogP contribution in [0.4, 0.5) is 0 Å². The zero-order valence-corrected chi connectivity index (χ0v) is 41.7. The summed E-state index contributed by atoms with van der Waals surface area (Å²) in [5.74, 6) is 0. The maximum absolute atomic E-state index is 7.46. The molecule has 0 amide bonds. The Bertz CT molecular complexity index is 4360. The van der Waals surface area contributed by atoms with Crippen LogP contribution >= 0.6 is 0 Å². The van der Waals surface area contributed by atoms with Gasteiger partial charge in [-0.05, 0) is 76.8 Å². The van der Waals surface area contributed by atoms with E-state index in [-0.39, 0.29) is 263 Å². The van der Waals surface area contributed by atoms with E-state index < -0.39 is 0 Å². The zero-order chi connectivity index (χ0) is 58.4. The van der Waals surface area contributed by atoms with Gasteiger partial charge in [-0.25, -0.2) is 0 Å². The minimum atomic E-state index is -0.332. The van der Waals surface area contributed by atoms with Crippen LogP contribution in [0.3, 0.4) is 0 Å². The molecule has 0 saturated heterocycles. The fourth-order valence-electron chi connectivity index (χ4n) is 11.0. The molecule has 0 aliphatic rings. The molecule has 79 heavy (non-hydrogen) atoms. The Labute approximate surface area is 498 Å². The second-order valence-corrected chi connectivity index (χ2v) is 19.2. The van der Waals surface area contributed by atoms with Crippen molar-refractivity contribution < 1.29 is 4.42 Å². The van der Waals surface area contributed by atoms with E-state index in [9.17, 15) is 0 Å². The summed E-state index contributed by atoms with van der Waals surface area (Å²) >= 11 is 0. The molecule has 1 aromatic heterocycles. The average molecular weight is 917 g/mol. The number of rotatable bonds is 4. The molecule has 0 atom stereocenters. The van der Waals surface area contributed by atoms with E-state index in [0.717, 1.165) is 0 Å². The van der Waals surface area contributed by atoms with Crippen LogP contribution in [0.1, 0.15) is 0 Å². The summed E-state index contributed by atoms with van der Waals surface area (Å²) in [6, 6.07) is 0. The quantitative estimate of drug-likeness (QED) is 0.127.